The quantitative estimate of drug-likeness (QED) is 0.939. The number of aryl methyl sites for hydroxylation is 1. The first-order valence-corrected chi connectivity index (χ1v) is 8.26. The zero-order chi connectivity index (χ0) is 15.1. The van der Waals surface area contributed by atoms with Crippen molar-refractivity contribution in [2.75, 3.05) is 0 Å². The van der Waals surface area contributed by atoms with Gasteiger partial charge in [0, 0.05) is 11.6 Å². The molecule has 116 valence electrons. The second kappa shape index (κ2) is 5.38. The normalized spacial score (nSPS) is 19.2. The van der Waals surface area contributed by atoms with Gasteiger partial charge in [-0.2, -0.15) is 4.98 Å². The predicted molar refractivity (Wildman–Crippen MR) is 82.5 cm³/mol. The van der Waals surface area contributed by atoms with Crippen molar-refractivity contribution in [2.24, 2.45) is 11.8 Å². The summed E-state index contributed by atoms with van der Waals surface area (Å²) in [6.45, 7) is 1.86. The molecule has 0 aliphatic heterocycles. The minimum Gasteiger partial charge on any atom is -0.339 e. The van der Waals surface area contributed by atoms with Gasteiger partial charge in [-0.25, -0.2) is 0 Å². The van der Waals surface area contributed by atoms with Crippen LogP contribution in [0.4, 0.5) is 0 Å². The maximum atomic E-state index is 12.0. The van der Waals surface area contributed by atoms with Gasteiger partial charge in [0.2, 0.25) is 11.7 Å². The van der Waals surface area contributed by atoms with Crippen molar-refractivity contribution in [1.29, 1.82) is 0 Å². The molecule has 0 unspecified atom stereocenters. The van der Waals surface area contributed by atoms with Gasteiger partial charge in [0.1, 0.15) is 0 Å². The van der Waals surface area contributed by atoms with Crippen LogP contribution in [0, 0.1) is 18.8 Å². The van der Waals surface area contributed by atoms with Crippen molar-refractivity contribution in [3.63, 3.8) is 0 Å². The number of H-pyrrole nitrogens is 1. The van der Waals surface area contributed by atoms with E-state index in [0.717, 1.165) is 11.6 Å². The maximum Gasteiger partial charge on any atom is 0.259 e. The molecule has 2 aliphatic rings. The Kier molecular flexibility index (Phi) is 3.36. The third-order valence-electron chi connectivity index (χ3n) is 5.34. The van der Waals surface area contributed by atoms with Crippen molar-refractivity contribution in [3.8, 4) is 11.4 Å². The maximum absolute atomic E-state index is 12.0. The Morgan fingerprint density at radius 1 is 1.18 bits per heavy atom. The number of rotatable bonds is 4. The number of nitrogens with one attached hydrogen (secondary N) is 1. The minimum absolute atomic E-state index is 0.156. The summed E-state index contributed by atoms with van der Waals surface area (Å²) < 4.78 is 5.57. The minimum atomic E-state index is -0.156. The lowest BCUT2D eigenvalue weighted by Gasteiger charge is -2.40. The molecule has 2 fully saturated rings. The van der Waals surface area contributed by atoms with Crippen LogP contribution in [0.1, 0.15) is 56.0 Å². The largest absolute Gasteiger partial charge is 0.339 e. The van der Waals surface area contributed by atoms with E-state index in [4.69, 9.17) is 4.52 Å². The highest BCUT2D eigenvalue weighted by Gasteiger charge is 2.40. The summed E-state index contributed by atoms with van der Waals surface area (Å²) >= 11 is 0. The molecule has 0 saturated heterocycles. The third-order valence-corrected chi connectivity index (χ3v) is 5.34. The molecule has 2 aromatic heterocycles. The van der Waals surface area contributed by atoms with Crippen LogP contribution in [-0.2, 0) is 0 Å². The molecule has 22 heavy (non-hydrogen) atoms. The van der Waals surface area contributed by atoms with Crippen molar-refractivity contribution >= 4 is 0 Å². The number of pyridine rings is 1. The van der Waals surface area contributed by atoms with Gasteiger partial charge in [-0.1, -0.05) is 18.0 Å². The monoisotopic (exact) mass is 299 g/mol. The topological polar surface area (TPSA) is 71.8 Å². The van der Waals surface area contributed by atoms with E-state index in [0.29, 0.717) is 29.1 Å². The lowest BCUT2D eigenvalue weighted by atomic mass is 9.64. The number of nitrogens with zero attached hydrogens (tertiary/aromatic N) is 2. The first-order valence-electron chi connectivity index (χ1n) is 8.26. The zero-order valence-corrected chi connectivity index (χ0v) is 12.8. The van der Waals surface area contributed by atoms with Crippen molar-refractivity contribution in [1.82, 2.24) is 15.1 Å². The summed E-state index contributed by atoms with van der Waals surface area (Å²) in [5, 5.41) is 4.07. The molecule has 1 N–H and O–H groups in total. The Morgan fingerprint density at radius 3 is 2.41 bits per heavy atom. The molecule has 0 amide bonds. The van der Waals surface area contributed by atoms with Gasteiger partial charge in [0.15, 0.2) is 0 Å². The van der Waals surface area contributed by atoms with Crippen LogP contribution in [0.15, 0.2) is 21.5 Å². The lowest BCUT2D eigenvalue weighted by Crippen LogP contribution is -2.30. The van der Waals surface area contributed by atoms with E-state index < -0.39 is 0 Å². The Morgan fingerprint density at radius 2 is 1.86 bits per heavy atom. The van der Waals surface area contributed by atoms with Crippen LogP contribution in [0.2, 0.25) is 0 Å². The van der Waals surface area contributed by atoms with Gasteiger partial charge >= 0.3 is 0 Å². The second-order valence-electron chi connectivity index (χ2n) is 6.75. The zero-order valence-electron chi connectivity index (χ0n) is 12.8. The fourth-order valence-electron chi connectivity index (χ4n) is 3.61. The summed E-state index contributed by atoms with van der Waals surface area (Å²) in [4.78, 5) is 19.4. The third kappa shape index (κ3) is 2.28. The van der Waals surface area contributed by atoms with Crippen LogP contribution in [0.5, 0.6) is 0 Å². The fraction of sp³-hybridized carbons (Fsp3) is 0.588. The molecule has 2 aliphatic carbocycles. The Balaban J connectivity index is 1.65. The standard InChI is InChI=1S/C17H21N3O2/c1-10-8-9-13(16(21)18-10)15-19-17(22-20-15)14(11-4-2-5-11)12-6-3-7-12/h8-9,11-12,14H,2-7H2,1H3,(H,18,21). The molecule has 0 bridgehead atoms. The Bertz CT molecular complexity index is 712. The molecule has 0 atom stereocenters. The fourth-order valence-corrected chi connectivity index (χ4v) is 3.61. The van der Waals surface area contributed by atoms with Gasteiger partial charge in [-0.15, -0.1) is 0 Å². The smallest absolute Gasteiger partial charge is 0.259 e. The van der Waals surface area contributed by atoms with E-state index in [1.165, 1.54) is 38.5 Å². The average molecular weight is 299 g/mol. The predicted octanol–water partition coefficient (Wildman–Crippen LogP) is 3.42. The molecule has 0 radical (unpaired) electrons. The van der Waals surface area contributed by atoms with Crippen molar-refractivity contribution in [3.05, 3.63) is 34.1 Å². The summed E-state index contributed by atoms with van der Waals surface area (Å²) in [5.41, 5.74) is 1.16. The van der Waals surface area contributed by atoms with Gasteiger partial charge < -0.3 is 9.51 Å². The molecule has 2 heterocycles. The van der Waals surface area contributed by atoms with E-state index in [9.17, 15) is 4.79 Å². The summed E-state index contributed by atoms with van der Waals surface area (Å²) in [6.07, 6.45) is 7.70. The van der Waals surface area contributed by atoms with Crippen LogP contribution >= 0.6 is 0 Å². The molecule has 5 nitrogen and oxygen atoms in total. The highest BCUT2D eigenvalue weighted by molar-refractivity contribution is 5.52. The molecule has 0 aromatic carbocycles. The van der Waals surface area contributed by atoms with Gasteiger partial charge in [0.25, 0.3) is 5.56 Å². The van der Waals surface area contributed by atoms with E-state index in [2.05, 4.69) is 15.1 Å². The molecule has 2 saturated carbocycles. The second-order valence-corrected chi connectivity index (χ2v) is 6.75. The van der Waals surface area contributed by atoms with Crippen LogP contribution < -0.4 is 5.56 Å². The number of hydrogen-bond donors (Lipinski definition) is 1. The van der Waals surface area contributed by atoms with Crippen molar-refractivity contribution in [2.45, 2.75) is 51.4 Å². The summed E-state index contributed by atoms with van der Waals surface area (Å²) in [7, 11) is 0. The number of hydrogen-bond acceptors (Lipinski definition) is 4. The molecule has 2 aromatic rings. The number of aromatic nitrogens is 3. The van der Waals surface area contributed by atoms with Crippen LogP contribution in [0.3, 0.4) is 0 Å². The highest BCUT2D eigenvalue weighted by Crippen LogP contribution is 2.49. The highest BCUT2D eigenvalue weighted by atomic mass is 16.5. The van der Waals surface area contributed by atoms with Crippen LogP contribution in [0.25, 0.3) is 11.4 Å². The first-order chi connectivity index (χ1) is 10.7. The molecular weight excluding hydrogens is 278 g/mol. The molecule has 0 spiro atoms. The van der Waals surface area contributed by atoms with Gasteiger partial charge in [0.05, 0.1) is 5.56 Å². The Hall–Kier alpha value is -1.91. The molecule has 4 rings (SSSR count). The lowest BCUT2D eigenvalue weighted by molar-refractivity contribution is 0.122. The Labute approximate surface area is 129 Å². The molecule has 5 heteroatoms. The van der Waals surface area contributed by atoms with E-state index in [-0.39, 0.29) is 5.56 Å². The SMILES string of the molecule is Cc1ccc(-c2noc(C(C3CCC3)C3CCC3)n2)c(=O)[nH]1. The average Bonchev–Trinajstić information content (AvgIpc) is 2.82. The van der Waals surface area contributed by atoms with Gasteiger partial charge in [-0.05, 0) is 56.6 Å². The van der Waals surface area contributed by atoms with E-state index >= 15 is 0 Å². The van der Waals surface area contributed by atoms with E-state index in [1.807, 2.05) is 13.0 Å². The van der Waals surface area contributed by atoms with Crippen molar-refractivity contribution < 1.29 is 4.52 Å². The van der Waals surface area contributed by atoms with E-state index in [1.54, 1.807) is 6.07 Å². The number of aromatic amines is 1. The van der Waals surface area contributed by atoms with Crippen LogP contribution in [-0.4, -0.2) is 15.1 Å². The molecular formula is C17H21N3O2. The van der Waals surface area contributed by atoms with Gasteiger partial charge in [-0.3, -0.25) is 4.79 Å². The summed E-state index contributed by atoms with van der Waals surface area (Å²) in [6, 6.07) is 3.63. The summed E-state index contributed by atoms with van der Waals surface area (Å²) in [5.74, 6) is 2.93. The first kappa shape index (κ1) is 13.7.